The fourth-order valence-electron chi connectivity index (χ4n) is 1.40. The number of hydrogen-bond donors (Lipinski definition) is 1. The Bertz CT molecular complexity index is 324. The van der Waals surface area contributed by atoms with Crippen molar-refractivity contribution in [2.75, 3.05) is 6.54 Å². The van der Waals surface area contributed by atoms with Gasteiger partial charge in [-0.05, 0) is 31.5 Å². The van der Waals surface area contributed by atoms with Crippen molar-refractivity contribution >= 4 is 0 Å². The molecule has 90 valence electrons. The fourth-order valence-corrected chi connectivity index (χ4v) is 1.40. The molecule has 0 aliphatic heterocycles. The molecule has 0 aliphatic carbocycles. The van der Waals surface area contributed by atoms with Crippen molar-refractivity contribution in [1.82, 2.24) is 10.3 Å². The predicted molar refractivity (Wildman–Crippen MR) is 55.9 cm³/mol. The SMILES string of the molecule is CCCNC(C)(c1cccnc1)C(F)(F)F. The molecule has 0 aromatic carbocycles. The number of halogens is 3. The van der Waals surface area contributed by atoms with E-state index >= 15 is 0 Å². The minimum atomic E-state index is -4.34. The molecule has 1 aromatic rings. The van der Waals surface area contributed by atoms with Crippen LogP contribution in [0.1, 0.15) is 25.8 Å². The maximum Gasteiger partial charge on any atom is 0.410 e. The Morgan fingerprint density at radius 3 is 2.50 bits per heavy atom. The van der Waals surface area contributed by atoms with Gasteiger partial charge in [0.1, 0.15) is 5.54 Å². The lowest BCUT2D eigenvalue weighted by atomic mass is 9.92. The third-order valence-electron chi connectivity index (χ3n) is 2.53. The zero-order valence-electron chi connectivity index (χ0n) is 9.30. The molecule has 0 fully saturated rings. The molecule has 0 radical (unpaired) electrons. The molecular formula is C11H15F3N2. The first-order chi connectivity index (χ1) is 7.42. The lowest BCUT2D eigenvalue weighted by molar-refractivity contribution is -0.195. The highest BCUT2D eigenvalue weighted by molar-refractivity contribution is 5.22. The summed E-state index contributed by atoms with van der Waals surface area (Å²) in [5, 5.41) is 2.54. The van der Waals surface area contributed by atoms with E-state index in [0.29, 0.717) is 13.0 Å². The Morgan fingerprint density at radius 1 is 1.38 bits per heavy atom. The van der Waals surface area contributed by atoms with Gasteiger partial charge in [0.2, 0.25) is 0 Å². The minimum absolute atomic E-state index is 0.135. The molecule has 1 rings (SSSR count). The summed E-state index contributed by atoms with van der Waals surface area (Å²) in [6.45, 7) is 3.28. The molecule has 0 saturated heterocycles. The molecule has 0 aliphatic rings. The third kappa shape index (κ3) is 2.52. The molecule has 1 N–H and O–H groups in total. The predicted octanol–water partition coefficient (Wildman–Crippen LogP) is 2.86. The van der Waals surface area contributed by atoms with Crippen molar-refractivity contribution in [1.29, 1.82) is 0 Å². The lowest BCUT2D eigenvalue weighted by Gasteiger charge is -2.33. The summed E-state index contributed by atoms with van der Waals surface area (Å²) in [5.41, 5.74) is -1.90. The molecule has 0 bridgehead atoms. The Hall–Kier alpha value is -1.10. The van der Waals surface area contributed by atoms with Crippen LogP contribution in [0.3, 0.4) is 0 Å². The van der Waals surface area contributed by atoms with E-state index in [-0.39, 0.29) is 5.56 Å². The van der Waals surface area contributed by atoms with Crippen molar-refractivity contribution in [2.24, 2.45) is 0 Å². The van der Waals surface area contributed by atoms with E-state index in [0.717, 1.165) is 6.92 Å². The van der Waals surface area contributed by atoms with Gasteiger partial charge in [0.05, 0.1) is 0 Å². The van der Waals surface area contributed by atoms with E-state index < -0.39 is 11.7 Å². The van der Waals surface area contributed by atoms with Crippen LogP contribution in [0.4, 0.5) is 13.2 Å². The van der Waals surface area contributed by atoms with Gasteiger partial charge in [-0.25, -0.2) is 0 Å². The standard InChI is InChI=1S/C11H15F3N2/c1-3-6-16-10(2,11(12,13)14)9-5-4-7-15-8-9/h4-5,7-8,16H,3,6H2,1-2H3. The van der Waals surface area contributed by atoms with Crippen molar-refractivity contribution in [2.45, 2.75) is 32.0 Å². The van der Waals surface area contributed by atoms with Crippen LogP contribution in [0, 0.1) is 0 Å². The summed E-state index contributed by atoms with van der Waals surface area (Å²) in [4.78, 5) is 3.73. The first kappa shape index (κ1) is 13.0. The Balaban J connectivity index is 3.05. The summed E-state index contributed by atoms with van der Waals surface area (Å²) < 4.78 is 39.1. The highest BCUT2D eigenvalue weighted by atomic mass is 19.4. The largest absolute Gasteiger partial charge is 0.410 e. The van der Waals surface area contributed by atoms with Gasteiger partial charge in [0, 0.05) is 12.4 Å². The number of alkyl halides is 3. The summed E-state index contributed by atoms with van der Waals surface area (Å²) in [6.07, 6.45) is -0.993. The monoisotopic (exact) mass is 232 g/mol. The molecule has 0 saturated carbocycles. The molecule has 1 heterocycles. The maximum atomic E-state index is 13.0. The zero-order chi connectivity index (χ0) is 12.2. The molecule has 5 heteroatoms. The van der Waals surface area contributed by atoms with E-state index in [9.17, 15) is 13.2 Å². The second-order valence-electron chi connectivity index (χ2n) is 3.79. The third-order valence-corrected chi connectivity index (χ3v) is 2.53. The van der Waals surface area contributed by atoms with Crippen LogP contribution in [-0.2, 0) is 5.54 Å². The normalized spacial score (nSPS) is 15.8. The van der Waals surface area contributed by atoms with Crippen LogP contribution in [0.2, 0.25) is 0 Å². The highest BCUT2D eigenvalue weighted by Gasteiger charge is 2.52. The van der Waals surface area contributed by atoms with Crippen molar-refractivity contribution in [3.05, 3.63) is 30.1 Å². The number of rotatable bonds is 4. The summed E-state index contributed by atoms with van der Waals surface area (Å²) in [6, 6.07) is 2.94. The van der Waals surface area contributed by atoms with Crippen molar-refractivity contribution < 1.29 is 13.2 Å². The van der Waals surface area contributed by atoms with E-state index in [4.69, 9.17) is 0 Å². The molecule has 1 atom stereocenters. The van der Waals surface area contributed by atoms with Gasteiger partial charge in [-0.1, -0.05) is 13.0 Å². The Kier molecular flexibility index (Phi) is 3.91. The summed E-state index contributed by atoms with van der Waals surface area (Å²) >= 11 is 0. The van der Waals surface area contributed by atoms with Crippen LogP contribution < -0.4 is 5.32 Å². The lowest BCUT2D eigenvalue weighted by Crippen LogP contribution is -2.51. The second kappa shape index (κ2) is 4.82. The number of nitrogens with one attached hydrogen (secondary N) is 1. The van der Waals surface area contributed by atoms with Gasteiger partial charge in [0.25, 0.3) is 0 Å². The topological polar surface area (TPSA) is 24.9 Å². The van der Waals surface area contributed by atoms with E-state index in [2.05, 4.69) is 10.3 Å². The number of hydrogen-bond acceptors (Lipinski definition) is 2. The average molecular weight is 232 g/mol. The molecule has 2 nitrogen and oxygen atoms in total. The quantitative estimate of drug-likeness (QED) is 0.863. The Labute approximate surface area is 92.9 Å². The van der Waals surface area contributed by atoms with Crippen LogP contribution in [-0.4, -0.2) is 17.7 Å². The van der Waals surface area contributed by atoms with Gasteiger partial charge in [-0.15, -0.1) is 0 Å². The van der Waals surface area contributed by atoms with Gasteiger partial charge in [-0.2, -0.15) is 13.2 Å². The summed E-state index contributed by atoms with van der Waals surface area (Å²) in [7, 11) is 0. The van der Waals surface area contributed by atoms with E-state index in [1.54, 1.807) is 0 Å². The maximum absolute atomic E-state index is 13.0. The molecule has 16 heavy (non-hydrogen) atoms. The first-order valence-corrected chi connectivity index (χ1v) is 5.14. The average Bonchev–Trinajstić information content (AvgIpc) is 2.25. The molecule has 1 aromatic heterocycles. The molecular weight excluding hydrogens is 217 g/mol. The fraction of sp³-hybridized carbons (Fsp3) is 0.545. The minimum Gasteiger partial charge on any atom is -0.300 e. The van der Waals surface area contributed by atoms with Gasteiger partial charge in [-0.3, -0.25) is 4.98 Å². The van der Waals surface area contributed by atoms with Gasteiger partial charge >= 0.3 is 6.18 Å². The molecule has 0 amide bonds. The van der Waals surface area contributed by atoms with E-state index in [1.807, 2.05) is 6.92 Å². The number of nitrogens with zero attached hydrogens (tertiary/aromatic N) is 1. The number of aromatic nitrogens is 1. The zero-order valence-corrected chi connectivity index (χ0v) is 9.30. The van der Waals surface area contributed by atoms with Crippen LogP contribution in [0.25, 0.3) is 0 Å². The van der Waals surface area contributed by atoms with E-state index in [1.165, 1.54) is 24.5 Å². The van der Waals surface area contributed by atoms with Crippen LogP contribution in [0.15, 0.2) is 24.5 Å². The first-order valence-electron chi connectivity index (χ1n) is 5.14. The Morgan fingerprint density at radius 2 is 2.06 bits per heavy atom. The van der Waals surface area contributed by atoms with Gasteiger partial charge < -0.3 is 5.32 Å². The van der Waals surface area contributed by atoms with Crippen molar-refractivity contribution in [3.63, 3.8) is 0 Å². The van der Waals surface area contributed by atoms with Gasteiger partial charge in [0.15, 0.2) is 0 Å². The van der Waals surface area contributed by atoms with Crippen molar-refractivity contribution in [3.8, 4) is 0 Å². The smallest absolute Gasteiger partial charge is 0.300 e. The summed E-state index contributed by atoms with van der Waals surface area (Å²) in [5.74, 6) is 0. The molecule has 1 unspecified atom stereocenters. The molecule has 0 spiro atoms. The second-order valence-corrected chi connectivity index (χ2v) is 3.79. The highest BCUT2D eigenvalue weighted by Crippen LogP contribution is 2.38. The number of pyridine rings is 1. The van der Waals surface area contributed by atoms with Crippen LogP contribution in [0.5, 0.6) is 0 Å². The van der Waals surface area contributed by atoms with Crippen LogP contribution >= 0.6 is 0 Å².